The lowest BCUT2D eigenvalue weighted by atomic mass is 10.2. The van der Waals surface area contributed by atoms with Crippen molar-refractivity contribution in [3.8, 4) is 0 Å². The molecule has 12 heteroatoms. The van der Waals surface area contributed by atoms with Crippen LogP contribution >= 0.6 is 28.4 Å². The number of para-hydroxylation sites is 2. The van der Waals surface area contributed by atoms with Crippen LogP contribution in [0.3, 0.4) is 0 Å². The van der Waals surface area contributed by atoms with Gasteiger partial charge in [-0.05, 0) is 54.9 Å². The second-order valence-electron chi connectivity index (χ2n) is 7.44. The van der Waals surface area contributed by atoms with E-state index in [1.807, 2.05) is 64.2 Å². The van der Waals surface area contributed by atoms with Gasteiger partial charge in [0.1, 0.15) is 39.8 Å². The molecule has 0 fully saturated rings. The van der Waals surface area contributed by atoms with Crippen molar-refractivity contribution in [2.75, 3.05) is 28.2 Å². The van der Waals surface area contributed by atoms with Gasteiger partial charge in [0, 0.05) is 31.1 Å². The zero-order valence-corrected chi connectivity index (χ0v) is 22.8. The zero-order valence-electron chi connectivity index (χ0n) is 18.8. The Balaban J connectivity index is 1.83. The summed E-state index contributed by atoms with van der Waals surface area (Å²) in [5, 5.41) is 6.82. The van der Waals surface area contributed by atoms with E-state index in [9.17, 15) is 4.21 Å². The number of halogens is 1. The number of aryl methyl sites for hydroxylation is 3. The minimum atomic E-state index is -1.16. The fraction of sp³-hybridized carbons (Fsp3) is 0.238. The molecule has 2 atom stereocenters. The number of anilines is 5. The van der Waals surface area contributed by atoms with Crippen LogP contribution in [0.2, 0.25) is 0 Å². The van der Waals surface area contributed by atoms with E-state index in [0.717, 1.165) is 39.7 Å². The topological polar surface area (TPSA) is 101 Å². The van der Waals surface area contributed by atoms with Gasteiger partial charge in [-0.25, -0.2) is 24.1 Å². The second kappa shape index (κ2) is 9.86. The number of aromatic nitrogens is 5. The first-order chi connectivity index (χ1) is 15.8. The second-order valence-corrected chi connectivity index (χ2v) is 10.9. The summed E-state index contributed by atoms with van der Waals surface area (Å²) < 4.78 is 15.9. The number of rotatable bonds is 7. The number of nitrogens with zero attached hydrogens (tertiary/aromatic N) is 6. The molecule has 0 aliphatic rings. The predicted octanol–water partition coefficient (Wildman–Crippen LogP) is 5.16. The fourth-order valence-corrected chi connectivity index (χ4v) is 6.04. The van der Waals surface area contributed by atoms with Gasteiger partial charge < -0.3 is 10.6 Å². The highest BCUT2D eigenvalue weighted by Crippen LogP contribution is 2.37. The highest BCUT2D eigenvalue weighted by atomic mass is 127. The van der Waals surface area contributed by atoms with Crippen molar-refractivity contribution in [2.45, 2.75) is 20.8 Å². The van der Waals surface area contributed by atoms with Gasteiger partial charge in [0.05, 0.1) is 23.4 Å². The van der Waals surface area contributed by atoms with Crippen LogP contribution in [-0.4, -0.2) is 41.8 Å². The molecule has 3 aromatic heterocycles. The molecule has 0 amide bonds. The molecule has 0 aliphatic carbocycles. The normalized spacial score (nSPS) is 12.4. The molecule has 4 aromatic rings. The van der Waals surface area contributed by atoms with Crippen molar-refractivity contribution in [3.63, 3.8) is 0 Å². The van der Waals surface area contributed by atoms with Crippen LogP contribution in [0.5, 0.6) is 0 Å². The number of imidazole rings is 1. The molecule has 3 heterocycles. The Morgan fingerprint density at radius 1 is 1.00 bits per heavy atom. The van der Waals surface area contributed by atoms with Crippen LogP contribution in [0, 0.1) is 20.8 Å². The summed E-state index contributed by atoms with van der Waals surface area (Å²) in [6, 6.07) is 11.6. The van der Waals surface area contributed by atoms with Crippen LogP contribution in [0.1, 0.15) is 17.3 Å². The Bertz CT molecular complexity index is 1340. The van der Waals surface area contributed by atoms with E-state index in [1.165, 1.54) is 0 Å². The van der Waals surface area contributed by atoms with Crippen molar-refractivity contribution in [3.05, 3.63) is 53.7 Å². The Morgan fingerprint density at radius 2 is 1.73 bits per heavy atom. The molecule has 9 nitrogen and oxygen atoms in total. The third-order valence-electron chi connectivity index (χ3n) is 4.99. The molecule has 4 rings (SSSR count). The third-order valence-corrected chi connectivity index (χ3v) is 8.11. The first-order valence-electron chi connectivity index (χ1n) is 10.1. The van der Waals surface area contributed by atoms with Crippen LogP contribution in [0.15, 0.2) is 36.4 Å². The monoisotopic (exact) mass is 594 g/mol. The van der Waals surface area contributed by atoms with Crippen molar-refractivity contribution in [1.29, 1.82) is 0 Å². The van der Waals surface area contributed by atoms with Crippen molar-refractivity contribution in [2.24, 2.45) is 0 Å². The Hall–Kier alpha value is -2.37. The van der Waals surface area contributed by atoms with E-state index >= 15 is 0 Å². The summed E-state index contributed by atoms with van der Waals surface area (Å²) in [7, 11) is 0.649. The van der Waals surface area contributed by atoms with E-state index in [1.54, 1.807) is 10.6 Å². The van der Waals surface area contributed by atoms with Gasteiger partial charge >= 0.3 is 0 Å². The molecule has 0 radical (unpaired) electrons. The van der Waals surface area contributed by atoms with Crippen LogP contribution < -0.4 is 14.9 Å². The first kappa shape index (κ1) is 23.8. The number of benzene rings is 1. The van der Waals surface area contributed by atoms with E-state index < -0.39 is 11.0 Å². The molecule has 0 saturated heterocycles. The van der Waals surface area contributed by atoms with Crippen molar-refractivity contribution >= 4 is 79.3 Å². The van der Waals surface area contributed by atoms with E-state index in [0.29, 0.717) is 23.8 Å². The molecule has 0 bridgehead atoms. The van der Waals surface area contributed by atoms with Crippen molar-refractivity contribution in [1.82, 2.24) is 24.3 Å². The van der Waals surface area contributed by atoms with Gasteiger partial charge in [-0.3, -0.25) is 8.64 Å². The third kappa shape index (κ3) is 5.10. The molecule has 1 aromatic carbocycles. The molecular formula is C21H24IN8OPS. The fourth-order valence-electron chi connectivity index (χ4n) is 3.47. The molecule has 2 unspecified atom stereocenters. The molecular weight excluding hydrogens is 570 g/mol. The molecule has 0 aliphatic heterocycles. The minimum absolute atomic E-state index is 0.454. The summed E-state index contributed by atoms with van der Waals surface area (Å²) in [5.41, 5.74) is 4.87. The van der Waals surface area contributed by atoms with Crippen LogP contribution in [-0.2, 0) is 11.0 Å². The highest BCUT2D eigenvalue weighted by Gasteiger charge is 2.17. The maximum absolute atomic E-state index is 12.1. The molecule has 33 heavy (non-hydrogen) atoms. The molecule has 172 valence electrons. The predicted molar refractivity (Wildman–Crippen MR) is 147 cm³/mol. The summed E-state index contributed by atoms with van der Waals surface area (Å²) in [5.74, 6) is 2.90. The molecule has 0 saturated carbocycles. The minimum Gasteiger partial charge on any atom is -0.352 e. The largest absolute Gasteiger partial charge is 0.352 e. The first-order valence-corrected chi connectivity index (χ1v) is 15.6. The Labute approximate surface area is 209 Å². The van der Waals surface area contributed by atoms with Gasteiger partial charge in [0.25, 0.3) is 0 Å². The number of hydrogen-bond donors (Lipinski definition) is 2. The number of nitrogens with one attached hydrogen (secondary N) is 2. The Kier molecular flexibility index (Phi) is 7.10. The number of fused-ring (bicyclic) bond motifs is 1. The standard InChI is InChI=1S/C21H24IN8OPS/c1-12-10-18(24-13(2)23-12)27-19-11-16(20-21(28-19)30(32-22)14(3)25-20)26-15-8-6-7-9-17(15)29(4)33(5)31/h6-11,32H,1-5H3,(H2,23,24,26,27,28). The maximum atomic E-state index is 12.1. The average Bonchev–Trinajstić information content (AvgIpc) is 3.08. The average molecular weight is 594 g/mol. The van der Waals surface area contributed by atoms with Gasteiger partial charge in [-0.1, -0.05) is 12.1 Å². The van der Waals surface area contributed by atoms with Crippen molar-refractivity contribution < 1.29 is 4.21 Å². The van der Waals surface area contributed by atoms with Gasteiger partial charge in [0.2, 0.25) is 0 Å². The molecule has 0 spiro atoms. The van der Waals surface area contributed by atoms with Gasteiger partial charge in [-0.2, -0.15) is 0 Å². The van der Waals surface area contributed by atoms with Gasteiger partial charge in [0.15, 0.2) is 5.65 Å². The highest BCUT2D eigenvalue weighted by molar-refractivity contribution is 14.2. The maximum Gasteiger partial charge on any atom is 0.168 e. The Morgan fingerprint density at radius 3 is 2.42 bits per heavy atom. The number of pyridine rings is 1. The quantitative estimate of drug-likeness (QED) is 0.225. The summed E-state index contributed by atoms with van der Waals surface area (Å²) in [6.07, 6.45) is 2.11. The molecule has 2 N–H and O–H groups in total. The SMILES string of the molecule is Cc1cc(Nc2cc(Nc3ccccc3N(C)S(C)=O)c3nc(C)n(PI)c3n2)nc(C)n1. The van der Waals surface area contributed by atoms with E-state index in [4.69, 9.17) is 9.97 Å². The lowest BCUT2D eigenvalue weighted by molar-refractivity contribution is 0.685. The van der Waals surface area contributed by atoms with Gasteiger partial charge in [-0.15, -0.1) is 0 Å². The lowest BCUT2D eigenvalue weighted by Gasteiger charge is -2.20. The number of hydrogen-bond acceptors (Lipinski definition) is 7. The zero-order chi connectivity index (χ0) is 23.7. The summed E-state index contributed by atoms with van der Waals surface area (Å²) in [6.45, 7) is 5.77. The van der Waals surface area contributed by atoms with E-state index in [2.05, 4.69) is 47.0 Å². The summed E-state index contributed by atoms with van der Waals surface area (Å²) >= 11 is 2.33. The lowest BCUT2D eigenvalue weighted by Crippen LogP contribution is -2.19. The van der Waals surface area contributed by atoms with Crippen LogP contribution in [0.4, 0.5) is 28.7 Å². The van der Waals surface area contributed by atoms with Crippen LogP contribution in [0.25, 0.3) is 11.2 Å². The van der Waals surface area contributed by atoms with E-state index in [-0.39, 0.29) is 0 Å². The smallest absolute Gasteiger partial charge is 0.168 e. The summed E-state index contributed by atoms with van der Waals surface area (Å²) in [4.78, 5) is 18.4.